The molecule has 0 aliphatic rings. The second-order valence-corrected chi connectivity index (χ2v) is 7.52. The van der Waals surface area contributed by atoms with Crippen molar-refractivity contribution in [1.29, 1.82) is 0 Å². The first-order valence-electron chi connectivity index (χ1n) is 8.45. The molecule has 0 atom stereocenters. The minimum Gasteiger partial charge on any atom is -0.321 e. The smallest absolute Gasteiger partial charge is 0.265 e. The third-order valence-electron chi connectivity index (χ3n) is 4.32. The molecule has 4 nitrogen and oxygen atoms in total. The molecule has 1 amide bonds. The molecule has 0 spiro atoms. The molecule has 0 fully saturated rings. The van der Waals surface area contributed by atoms with Crippen LogP contribution < -0.4 is 5.32 Å². The average molecular weight is 361 g/mol. The zero-order chi connectivity index (χ0) is 18.3. The quantitative estimate of drug-likeness (QED) is 0.541. The second-order valence-electron chi connectivity index (χ2n) is 6.49. The number of rotatable bonds is 3. The van der Waals surface area contributed by atoms with Gasteiger partial charge < -0.3 is 5.32 Å². The van der Waals surface area contributed by atoms with E-state index in [0.29, 0.717) is 4.88 Å². The third-order valence-corrected chi connectivity index (χ3v) is 5.43. The third kappa shape index (κ3) is 3.02. The molecule has 5 heteroatoms. The Morgan fingerprint density at radius 2 is 1.77 bits per heavy atom. The fourth-order valence-corrected chi connectivity index (χ4v) is 4.01. The van der Waals surface area contributed by atoms with Crippen LogP contribution in [0.15, 0.2) is 54.6 Å². The number of fused-ring (bicyclic) bond motifs is 1. The highest BCUT2D eigenvalue weighted by Crippen LogP contribution is 2.31. The molecule has 26 heavy (non-hydrogen) atoms. The van der Waals surface area contributed by atoms with Gasteiger partial charge in [0.05, 0.1) is 16.3 Å². The summed E-state index contributed by atoms with van der Waals surface area (Å²) in [5.41, 5.74) is 5.06. The number of benzene rings is 2. The van der Waals surface area contributed by atoms with Crippen molar-refractivity contribution < 1.29 is 4.79 Å². The molecule has 0 unspecified atom stereocenters. The zero-order valence-electron chi connectivity index (χ0n) is 14.9. The summed E-state index contributed by atoms with van der Waals surface area (Å²) in [7, 11) is 0. The maximum atomic E-state index is 12.7. The number of anilines is 1. The van der Waals surface area contributed by atoms with E-state index in [1.165, 1.54) is 16.9 Å². The number of hydrogen-bond donors (Lipinski definition) is 1. The summed E-state index contributed by atoms with van der Waals surface area (Å²) in [6.07, 6.45) is 0. The largest absolute Gasteiger partial charge is 0.321 e. The Kier molecular flexibility index (Phi) is 4.09. The van der Waals surface area contributed by atoms with Gasteiger partial charge in [-0.05, 0) is 56.7 Å². The predicted molar refractivity (Wildman–Crippen MR) is 108 cm³/mol. The van der Waals surface area contributed by atoms with E-state index in [9.17, 15) is 4.79 Å². The highest BCUT2D eigenvalue weighted by molar-refractivity contribution is 7.20. The fourth-order valence-electron chi connectivity index (χ4n) is 2.94. The zero-order valence-corrected chi connectivity index (χ0v) is 15.7. The number of hydrogen-bond acceptors (Lipinski definition) is 3. The van der Waals surface area contributed by atoms with Crippen LogP contribution in [0.4, 0.5) is 5.69 Å². The minimum absolute atomic E-state index is 0.0911. The van der Waals surface area contributed by atoms with Crippen LogP contribution in [0.5, 0.6) is 0 Å². The molecule has 0 saturated heterocycles. The van der Waals surface area contributed by atoms with Crippen molar-refractivity contribution in [3.05, 3.63) is 76.3 Å². The second kappa shape index (κ2) is 6.42. The number of carbonyl (C=O) groups is 1. The maximum absolute atomic E-state index is 12.7. The van der Waals surface area contributed by atoms with Gasteiger partial charge in [0.2, 0.25) is 0 Å². The lowest BCUT2D eigenvalue weighted by Crippen LogP contribution is -2.10. The molecule has 1 N–H and O–H groups in total. The number of nitrogens with zero attached hydrogens (tertiary/aromatic N) is 2. The van der Waals surface area contributed by atoms with Gasteiger partial charge in [-0.25, -0.2) is 4.68 Å². The molecule has 2 heterocycles. The van der Waals surface area contributed by atoms with Gasteiger partial charge in [0.25, 0.3) is 5.91 Å². The van der Waals surface area contributed by atoms with Crippen molar-refractivity contribution in [1.82, 2.24) is 9.78 Å². The van der Waals surface area contributed by atoms with Crippen molar-refractivity contribution in [2.45, 2.75) is 20.8 Å². The number of carbonyl (C=O) groups excluding carboxylic acids is 1. The van der Waals surface area contributed by atoms with Crippen LogP contribution in [0.1, 0.15) is 26.5 Å². The molecule has 4 aromatic rings. The summed E-state index contributed by atoms with van der Waals surface area (Å²) in [6.45, 7) is 6.04. The van der Waals surface area contributed by atoms with Gasteiger partial charge in [0, 0.05) is 11.1 Å². The van der Waals surface area contributed by atoms with E-state index in [-0.39, 0.29) is 5.91 Å². The lowest BCUT2D eigenvalue weighted by atomic mass is 10.2. The van der Waals surface area contributed by atoms with Crippen LogP contribution in [0.2, 0.25) is 0 Å². The molecular weight excluding hydrogens is 342 g/mol. The van der Waals surface area contributed by atoms with Crippen LogP contribution in [-0.2, 0) is 0 Å². The van der Waals surface area contributed by atoms with E-state index in [2.05, 4.69) is 29.5 Å². The van der Waals surface area contributed by atoms with Crippen molar-refractivity contribution in [3.63, 3.8) is 0 Å². The molecule has 4 rings (SSSR count). The Hall–Kier alpha value is -2.92. The molecule has 2 aromatic heterocycles. The van der Waals surface area contributed by atoms with Crippen LogP contribution in [0.3, 0.4) is 0 Å². The highest BCUT2D eigenvalue weighted by atomic mass is 32.1. The first-order chi connectivity index (χ1) is 12.5. The van der Waals surface area contributed by atoms with Crippen LogP contribution >= 0.6 is 11.3 Å². The highest BCUT2D eigenvalue weighted by Gasteiger charge is 2.17. The molecule has 0 bridgehead atoms. The van der Waals surface area contributed by atoms with Crippen LogP contribution in [0.25, 0.3) is 15.9 Å². The molecular formula is C21H19N3OS. The van der Waals surface area contributed by atoms with Gasteiger partial charge in [-0.2, -0.15) is 5.10 Å². The van der Waals surface area contributed by atoms with Gasteiger partial charge in [-0.3, -0.25) is 4.79 Å². The predicted octanol–water partition coefficient (Wildman–Crippen LogP) is 5.26. The Morgan fingerprint density at radius 3 is 2.50 bits per heavy atom. The molecule has 0 aliphatic carbocycles. The Morgan fingerprint density at radius 1 is 1.00 bits per heavy atom. The number of nitrogens with one attached hydrogen (secondary N) is 1. The van der Waals surface area contributed by atoms with Gasteiger partial charge in [-0.1, -0.05) is 29.8 Å². The number of aromatic nitrogens is 2. The molecule has 0 aliphatic heterocycles. The molecule has 0 radical (unpaired) electrons. The van der Waals surface area contributed by atoms with Crippen molar-refractivity contribution in [2.24, 2.45) is 0 Å². The SMILES string of the molecule is Cc1ccc(-n2nc(C)c3cc(C(=O)Nc4cccc(C)c4)sc32)cc1. The minimum atomic E-state index is -0.0911. The topological polar surface area (TPSA) is 46.9 Å². The summed E-state index contributed by atoms with van der Waals surface area (Å²) >= 11 is 1.46. The first kappa shape index (κ1) is 16.5. The monoisotopic (exact) mass is 361 g/mol. The van der Waals surface area contributed by atoms with Crippen molar-refractivity contribution in [2.75, 3.05) is 5.32 Å². The lowest BCUT2D eigenvalue weighted by Gasteiger charge is -2.04. The van der Waals surface area contributed by atoms with Gasteiger partial charge >= 0.3 is 0 Å². The standard InChI is InChI=1S/C21H19N3OS/c1-13-7-9-17(10-8-13)24-21-18(15(3)23-24)12-19(26-21)20(25)22-16-6-4-5-14(2)11-16/h4-12H,1-3H3,(H,22,25). The van der Waals surface area contributed by atoms with E-state index in [0.717, 1.165) is 32.8 Å². The molecule has 2 aromatic carbocycles. The first-order valence-corrected chi connectivity index (χ1v) is 9.27. The maximum Gasteiger partial charge on any atom is 0.265 e. The normalized spacial score (nSPS) is 11.0. The van der Waals surface area contributed by atoms with Crippen LogP contribution in [0, 0.1) is 20.8 Å². The molecule has 0 saturated carbocycles. The fraction of sp³-hybridized carbons (Fsp3) is 0.143. The van der Waals surface area contributed by atoms with Crippen LogP contribution in [-0.4, -0.2) is 15.7 Å². The molecule has 130 valence electrons. The summed E-state index contributed by atoms with van der Waals surface area (Å²) in [5.74, 6) is -0.0911. The summed E-state index contributed by atoms with van der Waals surface area (Å²) < 4.78 is 1.91. The van der Waals surface area contributed by atoms with Crippen molar-refractivity contribution in [3.8, 4) is 5.69 Å². The van der Waals surface area contributed by atoms with E-state index >= 15 is 0 Å². The van der Waals surface area contributed by atoms with Crippen molar-refractivity contribution >= 4 is 33.1 Å². The van der Waals surface area contributed by atoms with Gasteiger partial charge in [-0.15, -0.1) is 11.3 Å². The summed E-state index contributed by atoms with van der Waals surface area (Å²) in [5, 5.41) is 8.64. The summed E-state index contributed by atoms with van der Waals surface area (Å²) in [6, 6.07) is 18.0. The Balaban J connectivity index is 1.70. The summed E-state index contributed by atoms with van der Waals surface area (Å²) in [4.78, 5) is 14.3. The van der Waals surface area contributed by atoms with Gasteiger partial charge in [0.15, 0.2) is 0 Å². The number of amides is 1. The van der Waals surface area contributed by atoms with Gasteiger partial charge in [0.1, 0.15) is 4.83 Å². The Bertz CT molecular complexity index is 1110. The number of thiophene rings is 1. The van der Waals surface area contributed by atoms with E-state index in [4.69, 9.17) is 0 Å². The number of aryl methyl sites for hydroxylation is 3. The van der Waals surface area contributed by atoms with E-state index in [1.54, 1.807) is 0 Å². The Labute approximate surface area is 156 Å². The lowest BCUT2D eigenvalue weighted by molar-refractivity contribution is 0.103. The average Bonchev–Trinajstić information content (AvgIpc) is 3.17. The van der Waals surface area contributed by atoms with E-state index in [1.807, 2.05) is 61.0 Å². The van der Waals surface area contributed by atoms with E-state index < -0.39 is 0 Å².